The largest absolute Gasteiger partial charge is 0.357 e. The first-order valence-electron chi connectivity index (χ1n) is 8.68. The topological polar surface area (TPSA) is 69.6 Å². The van der Waals surface area contributed by atoms with Crippen molar-refractivity contribution in [2.24, 2.45) is 0 Å². The molecule has 2 heterocycles. The summed E-state index contributed by atoms with van der Waals surface area (Å²) >= 11 is 0. The highest BCUT2D eigenvalue weighted by molar-refractivity contribution is 5.93. The Labute approximate surface area is 143 Å². The molecule has 1 aliphatic rings. The van der Waals surface area contributed by atoms with Crippen LogP contribution in [0.25, 0.3) is 0 Å². The van der Waals surface area contributed by atoms with Crippen LogP contribution in [0, 0.1) is 6.92 Å². The van der Waals surface area contributed by atoms with Gasteiger partial charge in [0.1, 0.15) is 17.3 Å². The van der Waals surface area contributed by atoms with Crippen LogP contribution in [0.5, 0.6) is 0 Å². The Hall–Kier alpha value is -2.18. The number of anilines is 1. The van der Waals surface area contributed by atoms with Crippen molar-refractivity contribution in [1.29, 1.82) is 0 Å². The van der Waals surface area contributed by atoms with Gasteiger partial charge in [-0.05, 0) is 19.8 Å². The number of carbonyl (C=O) groups excluding carboxylic acids is 2. The number of amides is 2. The molecule has 0 aliphatic carbocycles. The Kier molecular flexibility index (Phi) is 6.52. The first kappa shape index (κ1) is 18.2. The minimum Gasteiger partial charge on any atom is -0.357 e. The minimum absolute atomic E-state index is 0.0831. The highest BCUT2D eigenvalue weighted by atomic mass is 16.2. The lowest BCUT2D eigenvalue weighted by Crippen LogP contribution is -2.48. The number of piperazine rings is 1. The van der Waals surface area contributed by atoms with Crippen molar-refractivity contribution < 1.29 is 9.59 Å². The molecule has 0 N–H and O–H groups in total. The van der Waals surface area contributed by atoms with Gasteiger partial charge >= 0.3 is 0 Å². The van der Waals surface area contributed by atoms with Gasteiger partial charge in [0.05, 0.1) is 0 Å². The lowest BCUT2D eigenvalue weighted by molar-refractivity contribution is -0.119. The van der Waals surface area contributed by atoms with E-state index in [2.05, 4.69) is 28.7 Å². The first-order valence-corrected chi connectivity index (χ1v) is 8.68. The van der Waals surface area contributed by atoms with Gasteiger partial charge in [-0.2, -0.15) is 0 Å². The van der Waals surface area contributed by atoms with E-state index in [0.717, 1.165) is 38.2 Å². The SMILES string of the molecule is CCCN(CCC)c1cc(C(=O)N2CCN(C=O)CC2)nc(C)n1. The van der Waals surface area contributed by atoms with Crippen LogP contribution in [-0.4, -0.2) is 71.4 Å². The van der Waals surface area contributed by atoms with Crippen molar-refractivity contribution in [3.63, 3.8) is 0 Å². The molecule has 7 heteroatoms. The number of nitrogens with zero attached hydrogens (tertiary/aromatic N) is 5. The zero-order valence-electron chi connectivity index (χ0n) is 14.9. The zero-order chi connectivity index (χ0) is 17.5. The molecule has 0 atom stereocenters. The third-order valence-corrected chi connectivity index (χ3v) is 4.11. The summed E-state index contributed by atoms with van der Waals surface area (Å²) in [6.45, 7) is 10.2. The average molecular weight is 333 g/mol. The van der Waals surface area contributed by atoms with Gasteiger partial charge in [0.2, 0.25) is 6.41 Å². The molecule has 0 aromatic carbocycles. The molecular weight excluding hydrogens is 306 g/mol. The van der Waals surface area contributed by atoms with E-state index in [0.29, 0.717) is 37.7 Å². The number of hydrogen-bond acceptors (Lipinski definition) is 5. The van der Waals surface area contributed by atoms with Gasteiger partial charge in [-0.15, -0.1) is 0 Å². The molecule has 1 saturated heterocycles. The quantitative estimate of drug-likeness (QED) is 0.704. The van der Waals surface area contributed by atoms with Crippen molar-refractivity contribution in [3.8, 4) is 0 Å². The summed E-state index contributed by atoms with van der Waals surface area (Å²) in [5, 5.41) is 0. The van der Waals surface area contributed by atoms with Gasteiger partial charge in [0.25, 0.3) is 5.91 Å². The van der Waals surface area contributed by atoms with Crippen molar-refractivity contribution in [2.75, 3.05) is 44.2 Å². The van der Waals surface area contributed by atoms with Crippen LogP contribution < -0.4 is 4.90 Å². The van der Waals surface area contributed by atoms with Gasteiger partial charge in [-0.1, -0.05) is 13.8 Å². The Morgan fingerprint density at radius 3 is 2.33 bits per heavy atom. The van der Waals surface area contributed by atoms with E-state index < -0.39 is 0 Å². The summed E-state index contributed by atoms with van der Waals surface area (Å²) in [6.07, 6.45) is 2.89. The van der Waals surface area contributed by atoms with Crippen molar-refractivity contribution in [1.82, 2.24) is 19.8 Å². The van der Waals surface area contributed by atoms with Crippen molar-refractivity contribution in [3.05, 3.63) is 17.6 Å². The van der Waals surface area contributed by atoms with Crippen LogP contribution in [0.15, 0.2) is 6.07 Å². The maximum atomic E-state index is 12.7. The fourth-order valence-corrected chi connectivity index (χ4v) is 2.90. The van der Waals surface area contributed by atoms with E-state index >= 15 is 0 Å². The van der Waals surface area contributed by atoms with Crippen LogP contribution >= 0.6 is 0 Å². The Balaban J connectivity index is 2.17. The summed E-state index contributed by atoms with van der Waals surface area (Å²) in [5.74, 6) is 1.35. The van der Waals surface area contributed by atoms with Gasteiger partial charge < -0.3 is 14.7 Å². The summed E-state index contributed by atoms with van der Waals surface area (Å²) in [6, 6.07) is 1.80. The maximum Gasteiger partial charge on any atom is 0.272 e. The fraction of sp³-hybridized carbons (Fsp3) is 0.647. The third-order valence-electron chi connectivity index (χ3n) is 4.11. The molecule has 0 bridgehead atoms. The van der Waals surface area contributed by atoms with E-state index in [4.69, 9.17) is 0 Å². The molecule has 1 aromatic rings. The van der Waals surface area contributed by atoms with Crippen LogP contribution in [0.2, 0.25) is 0 Å². The molecule has 0 radical (unpaired) electrons. The molecule has 7 nitrogen and oxygen atoms in total. The molecule has 0 spiro atoms. The number of rotatable bonds is 7. The normalized spacial score (nSPS) is 14.6. The predicted molar refractivity (Wildman–Crippen MR) is 93.1 cm³/mol. The molecule has 132 valence electrons. The van der Waals surface area contributed by atoms with E-state index in [9.17, 15) is 9.59 Å². The third kappa shape index (κ3) is 4.43. The molecule has 0 saturated carbocycles. The fourth-order valence-electron chi connectivity index (χ4n) is 2.90. The predicted octanol–water partition coefficient (Wildman–Crippen LogP) is 1.33. The zero-order valence-corrected chi connectivity index (χ0v) is 14.9. The first-order chi connectivity index (χ1) is 11.6. The molecule has 2 rings (SSSR count). The molecule has 1 aromatic heterocycles. The second kappa shape index (κ2) is 8.61. The summed E-state index contributed by atoms with van der Waals surface area (Å²) < 4.78 is 0. The number of aryl methyl sites for hydroxylation is 1. The molecule has 1 aliphatic heterocycles. The number of carbonyl (C=O) groups is 2. The van der Waals surface area contributed by atoms with Gasteiger partial charge in [0, 0.05) is 45.3 Å². The Bertz CT molecular complexity index is 564. The maximum absolute atomic E-state index is 12.7. The lowest BCUT2D eigenvalue weighted by Gasteiger charge is -2.32. The summed E-state index contributed by atoms with van der Waals surface area (Å²) in [5.41, 5.74) is 0.439. The molecule has 0 unspecified atom stereocenters. The highest BCUT2D eigenvalue weighted by Crippen LogP contribution is 2.16. The van der Waals surface area contributed by atoms with Gasteiger partial charge in [-0.3, -0.25) is 9.59 Å². The standard InChI is InChI=1S/C17H27N5O2/c1-4-6-21(7-5-2)16-12-15(18-14(3)19-16)17(24)22-10-8-20(13-23)9-11-22/h12-13H,4-11H2,1-3H3. The van der Waals surface area contributed by atoms with Gasteiger partial charge in [0.15, 0.2) is 0 Å². The van der Waals surface area contributed by atoms with Gasteiger partial charge in [-0.25, -0.2) is 9.97 Å². The highest BCUT2D eigenvalue weighted by Gasteiger charge is 2.23. The Morgan fingerprint density at radius 2 is 1.79 bits per heavy atom. The summed E-state index contributed by atoms with van der Waals surface area (Å²) in [4.78, 5) is 38.0. The smallest absolute Gasteiger partial charge is 0.272 e. The second-order valence-corrected chi connectivity index (χ2v) is 6.08. The molecular formula is C17H27N5O2. The van der Waals surface area contributed by atoms with E-state index in [1.54, 1.807) is 15.9 Å². The number of hydrogen-bond donors (Lipinski definition) is 0. The Morgan fingerprint density at radius 1 is 1.17 bits per heavy atom. The molecule has 24 heavy (non-hydrogen) atoms. The van der Waals surface area contributed by atoms with Crippen molar-refractivity contribution >= 4 is 18.1 Å². The van der Waals surface area contributed by atoms with Crippen LogP contribution in [0.3, 0.4) is 0 Å². The second-order valence-electron chi connectivity index (χ2n) is 6.08. The molecule has 2 amide bonds. The van der Waals surface area contributed by atoms with Crippen LogP contribution in [0.4, 0.5) is 5.82 Å². The van der Waals surface area contributed by atoms with Crippen LogP contribution in [0.1, 0.15) is 43.0 Å². The number of aromatic nitrogens is 2. The van der Waals surface area contributed by atoms with Crippen LogP contribution in [-0.2, 0) is 4.79 Å². The van der Waals surface area contributed by atoms with E-state index in [1.165, 1.54) is 0 Å². The monoisotopic (exact) mass is 333 g/mol. The molecule has 1 fully saturated rings. The lowest BCUT2D eigenvalue weighted by atomic mass is 10.2. The van der Waals surface area contributed by atoms with E-state index in [-0.39, 0.29) is 5.91 Å². The summed E-state index contributed by atoms with van der Waals surface area (Å²) in [7, 11) is 0. The average Bonchev–Trinajstić information content (AvgIpc) is 2.60. The van der Waals surface area contributed by atoms with Crippen molar-refractivity contribution in [2.45, 2.75) is 33.6 Å². The minimum atomic E-state index is -0.0831. The van der Waals surface area contributed by atoms with E-state index in [1.807, 2.05) is 6.92 Å².